The third-order valence-corrected chi connectivity index (χ3v) is 5.43. The van der Waals surface area contributed by atoms with E-state index in [1.54, 1.807) is 16.9 Å². The Kier molecular flexibility index (Phi) is 5.35. The Morgan fingerprint density at radius 3 is 2.67 bits per heavy atom. The molecule has 0 bridgehead atoms. The van der Waals surface area contributed by atoms with Gasteiger partial charge in [0.1, 0.15) is 5.76 Å². The van der Waals surface area contributed by atoms with Crippen LogP contribution >= 0.6 is 0 Å². The molecule has 4 heterocycles. The predicted molar refractivity (Wildman–Crippen MR) is 122 cm³/mol. The molecule has 4 aromatic heterocycles. The van der Waals surface area contributed by atoms with Gasteiger partial charge in [-0.1, -0.05) is 17.3 Å². The Labute approximate surface area is 189 Å². The van der Waals surface area contributed by atoms with E-state index in [1.807, 2.05) is 62.4 Å². The molecule has 9 nitrogen and oxygen atoms in total. The van der Waals surface area contributed by atoms with E-state index in [1.165, 1.54) is 0 Å². The van der Waals surface area contributed by atoms with Crippen molar-refractivity contribution in [3.63, 3.8) is 0 Å². The quantitative estimate of drug-likeness (QED) is 0.425. The molecule has 5 rings (SSSR count). The van der Waals surface area contributed by atoms with E-state index in [9.17, 15) is 4.79 Å². The van der Waals surface area contributed by atoms with Gasteiger partial charge in [0.25, 0.3) is 0 Å². The summed E-state index contributed by atoms with van der Waals surface area (Å²) in [5.41, 5.74) is 5.64. The molecule has 164 valence electrons. The first kappa shape index (κ1) is 20.5. The molecule has 0 atom stereocenters. The minimum absolute atomic E-state index is 0.0747. The third kappa shape index (κ3) is 4.20. The highest BCUT2D eigenvalue weighted by molar-refractivity contribution is 5.91. The summed E-state index contributed by atoms with van der Waals surface area (Å²) < 4.78 is 6.88. The zero-order valence-corrected chi connectivity index (χ0v) is 18.2. The lowest BCUT2D eigenvalue weighted by molar-refractivity contribution is -0.116. The van der Waals surface area contributed by atoms with Crippen LogP contribution < -0.4 is 5.32 Å². The number of hydrogen-bond donors (Lipinski definition) is 1. The molecule has 0 aliphatic carbocycles. The number of fused-ring (bicyclic) bond motifs is 1. The van der Waals surface area contributed by atoms with Gasteiger partial charge in [-0.25, -0.2) is 0 Å². The molecule has 0 aliphatic rings. The van der Waals surface area contributed by atoms with Crippen molar-refractivity contribution in [3.05, 3.63) is 77.9 Å². The molecule has 0 unspecified atom stereocenters. The molecule has 33 heavy (non-hydrogen) atoms. The molecule has 0 saturated heterocycles. The maximum atomic E-state index is 12.5. The van der Waals surface area contributed by atoms with Gasteiger partial charge in [-0.05, 0) is 56.7 Å². The summed E-state index contributed by atoms with van der Waals surface area (Å²) in [5, 5.41) is 20.1. The van der Waals surface area contributed by atoms with Crippen LogP contribution in [-0.4, -0.2) is 35.9 Å². The molecule has 1 amide bonds. The van der Waals surface area contributed by atoms with Crippen molar-refractivity contribution < 1.29 is 9.32 Å². The number of pyridine rings is 1. The Bertz CT molecular complexity index is 1420. The van der Waals surface area contributed by atoms with Crippen LogP contribution in [0.5, 0.6) is 0 Å². The SMILES string of the molecule is Cc1noc(C)c1CCC(=O)Nc1cccc(-c2ccc3nnc(-c4ccncc4)n3n2)c1. The van der Waals surface area contributed by atoms with E-state index in [0.717, 1.165) is 33.8 Å². The second kappa shape index (κ2) is 8.62. The number of nitrogens with zero attached hydrogens (tertiary/aromatic N) is 6. The van der Waals surface area contributed by atoms with Gasteiger partial charge in [0.2, 0.25) is 5.91 Å². The lowest BCUT2D eigenvalue weighted by atomic mass is 10.1. The molecular weight excluding hydrogens is 418 g/mol. The summed E-state index contributed by atoms with van der Waals surface area (Å²) in [5.74, 6) is 1.32. The molecular formula is C24H21N7O2. The van der Waals surface area contributed by atoms with Gasteiger partial charge in [-0.15, -0.1) is 10.2 Å². The largest absolute Gasteiger partial charge is 0.361 e. The number of carbonyl (C=O) groups is 1. The molecule has 9 heteroatoms. The Balaban J connectivity index is 1.36. The van der Waals surface area contributed by atoms with Gasteiger partial charge in [-0.2, -0.15) is 9.61 Å². The first-order valence-electron chi connectivity index (χ1n) is 10.5. The number of nitrogens with one attached hydrogen (secondary N) is 1. The maximum Gasteiger partial charge on any atom is 0.224 e. The average Bonchev–Trinajstić information content (AvgIpc) is 3.40. The average molecular weight is 439 g/mol. The van der Waals surface area contributed by atoms with Gasteiger partial charge in [-0.3, -0.25) is 9.78 Å². The summed E-state index contributed by atoms with van der Waals surface area (Å²) in [6, 6.07) is 15.1. The molecule has 1 aromatic carbocycles. The second-order valence-corrected chi connectivity index (χ2v) is 7.68. The number of aromatic nitrogens is 6. The number of aryl methyl sites for hydroxylation is 2. The lowest BCUT2D eigenvalue weighted by Gasteiger charge is -2.08. The normalized spacial score (nSPS) is 11.1. The predicted octanol–water partition coefficient (Wildman–Crippen LogP) is 4.03. The zero-order valence-electron chi connectivity index (χ0n) is 18.2. The Morgan fingerprint density at radius 2 is 1.88 bits per heavy atom. The van der Waals surface area contributed by atoms with E-state index in [-0.39, 0.29) is 5.91 Å². The van der Waals surface area contributed by atoms with Gasteiger partial charge < -0.3 is 9.84 Å². The minimum Gasteiger partial charge on any atom is -0.361 e. The smallest absolute Gasteiger partial charge is 0.224 e. The fourth-order valence-corrected chi connectivity index (χ4v) is 3.70. The number of hydrogen-bond acceptors (Lipinski definition) is 7. The first-order chi connectivity index (χ1) is 16.1. The van der Waals surface area contributed by atoms with E-state index in [2.05, 4.69) is 25.7 Å². The standard InChI is InChI=1S/C24H21N7O2/c1-15-20(16(2)33-30-15)6-9-23(32)26-19-5-3-4-18(14-19)21-7-8-22-27-28-24(31(22)29-21)17-10-12-25-13-11-17/h3-5,7-8,10-14H,6,9H2,1-2H3,(H,26,32). The summed E-state index contributed by atoms with van der Waals surface area (Å²) in [6.45, 7) is 3.74. The number of anilines is 1. The maximum absolute atomic E-state index is 12.5. The van der Waals surface area contributed by atoms with Crippen LogP contribution in [0.1, 0.15) is 23.4 Å². The van der Waals surface area contributed by atoms with Crippen molar-refractivity contribution >= 4 is 17.2 Å². The number of amides is 1. The monoisotopic (exact) mass is 439 g/mol. The molecule has 1 N–H and O–H groups in total. The van der Waals surface area contributed by atoms with Crippen molar-refractivity contribution in [1.82, 2.24) is 30.0 Å². The van der Waals surface area contributed by atoms with E-state index >= 15 is 0 Å². The topological polar surface area (TPSA) is 111 Å². The van der Waals surface area contributed by atoms with E-state index in [0.29, 0.717) is 30.0 Å². The van der Waals surface area contributed by atoms with Crippen LogP contribution in [0.4, 0.5) is 5.69 Å². The van der Waals surface area contributed by atoms with Crippen LogP contribution in [0.25, 0.3) is 28.3 Å². The van der Waals surface area contributed by atoms with Crippen molar-refractivity contribution in [1.29, 1.82) is 0 Å². The molecule has 0 radical (unpaired) electrons. The van der Waals surface area contributed by atoms with Gasteiger partial charge in [0.15, 0.2) is 11.5 Å². The molecule has 0 saturated carbocycles. The van der Waals surface area contributed by atoms with Crippen molar-refractivity contribution in [2.45, 2.75) is 26.7 Å². The highest BCUT2D eigenvalue weighted by Crippen LogP contribution is 2.23. The van der Waals surface area contributed by atoms with Crippen LogP contribution in [0.3, 0.4) is 0 Å². The van der Waals surface area contributed by atoms with E-state index in [4.69, 9.17) is 9.62 Å². The summed E-state index contributed by atoms with van der Waals surface area (Å²) in [6.07, 6.45) is 4.33. The van der Waals surface area contributed by atoms with Gasteiger partial charge in [0, 0.05) is 41.2 Å². The highest BCUT2D eigenvalue weighted by atomic mass is 16.5. The molecule has 5 aromatic rings. The molecule has 0 spiro atoms. The zero-order chi connectivity index (χ0) is 22.8. The van der Waals surface area contributed by atoms with Crippen molar-refractivity contribution in [2.75, 3.05) is 5.32 Å². The van der Waals surface area contributed by atoms with Crippen LogP contribution in [0.15, 0.2) is 65.4 Å². The highest BCUT2D eigenvalue weighted by Gasteiger charge is 2.13. The van der Waals surface area contributed by atoms with Crippen molar-refractivity contribution in [2.24, 2.45) is 0 Å². The van der Waals surface area contributed by atoms with Crippen LogP contribution in [-0.2, 0) is 11.2 Å². The van der Waals surface area contributed by atoms with Crippen LogP contribution in [0, 0.1) is 13.8 Å². The van der Waals surface area contributed by atoms with Crippen molar-refractivity contribution in [3.8, 4) is 22.6 Å². The minimum atomic E-state index is -0.0747. The second-order valence-electron chi connectivity index (χ2n) is 7.68. The van der Waals surface area contributed by atoms with Gasteiger partial charge in [0.05, 0.1) is 11.4 Å². The fourth-order valence-electron chi connectivity index (χ4n) is 3.70. The Hall–Kier alpha value is -4.40. The summed E-state index contributed by atoms with van der Waals surface area (Å²) in [4.78, 5) is 16.6. The number of carbonyl (C=O) groups excluding carboxylic acids is 1. The fraction of sp³-hybridized carbons (Fsp3) is 0.167. The Morgan fingerprint density at radius 1 is 1.03 bits per heavy atom. The summed E-state index contributed by atoms with van der Waals surface area (Å²) >= 11 is 0. The number of rotatable bonds is 6. The first-order valence-corrected chi connectivity index (χ1v) is 10.5. The van der Waals surface area contributed by atoms with Crippen LogP contribution in [0.2, 0.25) is 0 Å². The third-order valence-electron chi connectivity index (χ3n) is 5.43. The molecule has 0 aliphatic heterocycles. The van der Waals surface area contributed by atoms with E-state index < -0.39 is 0 Å². The molecule has 0 fully saturated rings. The lowest BCUT2D eigenvalue weighted by Crippen LogP contribution is -2.12. The number of benzene rings is 1. The summed E-state index contributed by atoms with van der Waals surface area (Å²) in [7, 11) is 0. The van der Waals surface area contributed by atoms with Gasteiger partial charge >= 0.3 is 0 Å².